The van der Waals surface area contributed by atoms with Crippen LogP contribution in [0, 0.1) is 11.3 Å². The predicted molar refractivity (Wildman–Crippen MR) is 50.8 cm³/mol. The van der Waals surface area contributed by atoms with Crippen LogP contribution >= 0.6 is 0 Å². The quantitative estimate of drug-likeness (QED) is 0.545. The third kappa shape index (κ3) is 0.545. The lowest BCUT2D eigenvalue weighted by Crippen LogP contribution is -2.52. The highest BCUT2D eigenvalue weighted by Crippen LogP contribution is 2.64. The predicted octanol–water partition coefficient (Wildman–Crippen LogP) is 1.84. The van der Waals surface area contributed by atoms with Crippen molar-refractivity contribution in [2.24, 2.45) is 11.3 Å². The van der Waals surface area contributed by atoms with E-state index in [0.29, 0.717) is 5.78 Å². The lowest BCUT2D eigenvalue weighted by molar-refractivity contribution is -0.165. The molecule has 2 aliphatic heterocycles. The molecule has 2 heterocycles. The molecule has 0 aromatic carbocycles. The second kappa shape index (κ2) is 1.99. The summed E-state index contributed by atoms with van der Waals surface area (Å²) in [5.41, 5.74) is -0.261. The fourth-order valence-electron chi connectivity index (χ4n) is 4.30. The zero-order valence-corrected chi connectivity index (χ0v) is 8.16. The van der Waals surface area contributed by atoms with Crippen LogP contribution in [0.1, 0.15) is 32.1 Å². The second-order valence-electron chi connectivity index (χ2n) is 5.28. The molecule has 3 fully saturated rings. The average Bonchev–Trinajstić information content (AvgIpc) is 2.78. The van der Waals surface area contributed by atoms with Gasteiger partial charge in [0.1, 0.15) is 5.78 Å². The molecule has 14 heavy (non-hydrogen) atoms. The topological polar surface area (TPSA) is 26.3 Å². The van der Waals surface area contributed by atoms with Crippen molar-refractivity contribution in [2.75, 3.05) is 0 Å². The minimum Gasteiger partial charge on any atom is -0.362 e. The molecule has 0 N–H and O–H groups in total. The Morgan fingerprint density at radius 3 is 3.21 bits per heavy atom. The molecule has 74 valence electrons. The number of fused-ring (bicyclic) bond motifs is 3. The van der Waals surface area contributed by atoms with E-state index in [1.807, 2.05) is 0 Å². The summed E-state index contributed by atoms with van der Waals surface area (Å²) in [5, 5.41) is 0. The van der Waals surface area contributed by atoms with Crippen molar-refractivity contribution in [1.29, 1.82) is 0 Å². The monoisotopic (exact) mass is 190 g/mol. The van der Waals surface area contributed by atoms with Crippen LogP contribution in [0.25, 0.3) is 0 Å². The van der Waals surface area contributed by atoms with Crippen molar-refractivity contribution in [3.8, 4) is 0 Å². The molecule has 2 heteroatoms. The van der Waals surface area contributed by atoms with E-state index in [9.17, 15) is 4.79 Å². The third-order valence-corrected chi connectivity index (χ3v) is 4.95. The van der Waals surface area contributed by atoms with Crippen LogP contribution in [-0.4, -0.2) is 17.5 Å². The van der Waals surface area contributed by atoms with Gasteiger partial charge in [-0.1, -0.05) is 12.2 Å². The fourth-order valence-corrected chi connectivity index (χ4v) is 4.30. The number of hydrogen-bond donors (Lipinski definition) is 0. The van der Waals surface area contributed by atoms with E-state index in [4.69, 9.17) is 4.74 Å². The molecule has 4 atom stereocenters. The number of carbonyl (C=O) groups is 1. The first kappa shape index (κ1) is 7.63. The number of carbonyl (C=O) groups excluding carboxylic acids is 1. The Balaban J connectivity index is 1.99. The zero-order valence-electron chi connectivity index (χ0n) is 8.16. The molecule has 0 unspecified atom stereocenters. The smallest absolute Gasteiger partial charge is 0.148 e. The van der Waals surface area contributed by atoms with E-state index < -0.39 is 0 Å². The molecule has 0 amide bonds. The SMILES string of the molecule is O=C1[C@@H]2CC[C@]13CCC[C@]31C=C[C@H]2O1. The Morgan fingerprint density at radius 2 is 2.29 bits per heavy atom. The summed E-state index contributed by atoms with van der Waals surface area (Å²) in [5.74, 6) is 0.719. The fraction of sp³-hybridized carbons (Fsp3) is 0.750. The number of rotatable bonds is 0. The highest BCUT2D eigenvalue weighted by Gasteiger charge is 2.69. The normalized spacial score (nSPS) is 58.1. The minimum atomic E-state index is -0.165. The van der Waals surface area contributed by atoms with E-state index in [1.54, 1.807) is 0 Å². The van der Waals surface area contributed by atoms with Crippen molar-refractivity contribution in [3.05, 3.63) is 12.2 Å². The Bertz CT molecular complexity index is 359. The average molecular weight is 190 g/mol. The molecule has 2 nitrogen and oxygen atoms in total. The Hall–Kier alpha value is -0.630. The van der Waals surface area contributed by atoms with Gasteiger partial charge in [0, 0.05) is 5.92 Å². The van der Waals surface area contributed by atoms with Gasteiger partial charge in [0.15, 0.2) is 0 Å². The number of ether oxygens (including phenoxy) is 1. The van der Waals surface area contributed by atoms with E-state index in [-0.39, 0.29) is 23.0 Å². The highest BCUT2D eigenvalue weighted by molar-refractivity contribution is 5.93. The lowest BCUT2D eigenvalue weighted by Gasteiger charge is -2.42. The van der Waals surface area contributed by atoms with Gasteiger partial charge in [-0.15, -0.1) is 0 Å². The summed E-state index contributed by atoms with van der Waals surface area (Å²) in [7, 11) is 0. The van der Waals surface area contributed by atoms with E-state index >= 15 is 0 Å². The highest BCUT2D eigenvalue weighted by atomic mass is 16.5. The largest absolute Gasteiger partial charge is 0.362 e. The van der Waals surface area contributed by atoms with Gasteiger partial charge >= 0.3 is 0 Å². The molecule has 4 rings (SSSR count). The minimum absolute atomic E-state index is 0.0961. The first-order chi connectivity index (χ1) is 6.78. The molecule has 0 aromatic rings. The second-order valence-corrected chi connectivity index (χ2v) is 5.28. The first-order valence-corrected chi connectivity index (χ1v) is 5.69. The number of Topliss-reactive ketones (excluding diaryl/α,β-unsaturated/α-hetero) is 1. The van der Waals surface area contributed by atoms with Gasteiger partial charge < -0.3 is 4.74 Å². The Kier molecular flexibility index (Phi) is 1.08. The van der Waals surface area contributed by atoms with Crippen molar-refractivity contribution in [3.63, 3.8) is 0 Å². The van der Waals surface area contributed by atoms with Gasteiger partial charge in [0.05, 0.1) is 17.1 Å². The van der Waals surface area contributed by atoms with E-state index in [2.05, 4.69) is 12.2 Å². The summed E-state index contributed by atoms with van der Waals surface area (Å²) in [6.45, 7) is 0. The number of hydrogen-bond acceptors (Lipinski definition) is 2. The lowest BCUT2D eigenvalue weighted by atomic mass is 9.71. The van der Waals surface area contributed by atoms with Crippen LogP contribution in [0.4, 0.5) is 0 Å². The third-order valence-electron chi connectivity index (χ3n) is 4.95. The molecule has 4 bridgehead atoms. The molecule has 0 aromatic heterocycles. The maximum atomic E-state index is 12.3. The summed E-state index contributed by atoms with van der Waals surface area (Å²) in [6.07, 6.45) is 9.92. The van der Waals surface area contributed by atoms with Gasteiger partial charge in [-0.3, -0.25) is 4.79 Å². The summed E-state index contributed by atoms with van der Waals surface area (Å²) in [4.78, 5) is 12.3. The Labute approximate surface area is 83.3 Å². The standard InChI is InChI=1S/C12H14O2/c13-10-8-2-6-11(10)4-1-5-12(11)7-3-9(8)14-12/h3,7-9H,1-2,4-6H2/t8-,9-,11-,12+/m1/s1. The maximum absolute atomic E-state index is 12.3. The number of ketones is 1. The molecule has 0 radical (unpaired) electrons. The Morgan fingerprint density at radius 1 is 1.36 bits per heavy atom. The van der Waals surface area contributed by atoms with Crippen molar-refractivity contribution in [1.82, 2.24) is 0 Å². The maximum Gasteiger partial charge on any atom is 0.148 e. The van der Waals surface area contributed by atoms with Crippen molar-refractivity contribution < 1.29 is 9.53 Å². The van der Waals surface area contributed by atoms with Crippen LogP contribution in [0.2, 0.25) is 0 Å². The van der Waals surface area contributed by atoms with Crippen LogP contribution in [0.5, 0.6) is 0 Å². The van der Waals surface area contributed by atoms with Crippen LogP contribution < -0.4 is 0 Å². The molecular weight excluding hydrogens is 176 g/mol. The molecule has 2 aliphatic carbocycles. The van der Waals surface area contributed by atoms with Gasteiger partial charge in [-0.25, -0.2) is 0 Å². The van der Waals surface area contributed by atoms with E-state index in [1.165, 1.54) is 0 Å². The molecule has 1 saturated heterocycles. The van der Waals surface area contributed by atoms with Gasteiger partial charge in [0.2, 0.25) is 0 Å². The first-order valence-electron chi connectivity index (χ1n) is 5.69. The molecule has 2 saturated carbocycles. The van der Waals surface area contributed by atoms with Crippen molar-refractivity contribution in [2.45, 2.75) is 43.8 Å². The molecule has 4 aliphatic rings. The van der Waals surface area contributed by atoms with Gasteiger partial charge in [-0.2, -0.15) is 0 Å². The summed E-state index contributed by atoms with van der Waals surface area (Å²) < 4.78 is 6.13. The van der Waals surface area contributed by atoms with Crippen molar-refractivity contribution >= 4 is 5.78 Å². The summed E-state index contributed by atoms with van der Waals surface area (Å²) in [6, 6.07) is 0. The van der Waals surface area contributed by atoms with E-state index in [0.717, 1.165) is 32.1 Å². The molecule has 2 spiro atoms. The molecular formula is C12H14O2. The van der Waals surface area contributed by atoms with Gasteiger partial charge in [0.25, 0.3) is 0 Å². The summed E-state index contributed by atoms with van der Waals surface area (Å²) >= 11 is 0. The van der Waals surface area contributed by atoms with Crippen LogP contribution in [0.3, 0.4) is 0 Å². The zero-order chi connectivity index (χ0) is 9.39. The van der Waals surface area contributed by atoms with Crippen LogP contribution in [-0.2, 0) is 9.53 Å². The van der Waals surface area contributed by atoms with Gasteiger partial charge in [-0.05, 0) is 32.1 Å². The van der Waals surface area contributed by atoms with Crippen LogP contribution in [0.15, 0.2) is 12.2 Å².